The van der Waals surface area contributed by atoms with Gasteiger partial charge in [-0.1, -0.05) is 13.0 Å². The molecule has 0 bridgehead atoms. The van der Waals surface area contributed by atoms with Crippen molar-refractivity contribution in [1.82, 2.24) is 34.0 Å². The largest absolute Gasteiger partial charge is 0.493 e. The number of carbonyl (C=O) groups excluding carboxylic acids is 2. The van der Waals surface area contributed by atoms with Gasteiger partial charge in [-0.05, 0) is 56.0 Å². The van der Waals surface area contributed by atoms with Crippen LogP contribution in [0.3, 0.4) is 0 Å². The lowest BCUT2D eigenvalue weighted by Gasteiger charge is -2.36. The molecule has 1 saturated heterocycles. The van der Waals surface area contributed by atoms with Crippen molar-refractivity contribution in [1.29, 1.82) is 0 Å². The molecular weight excluding hydrogens is 659 g/mol. The smallest absolute Gasteiger partial charge is 0.416 e. The number of carbonyl (C=O) groups is 2. The van der Waals surface area contributed by atoms with Crippen molar-refractivity contribution in [3.8, 4) is 5.75 Å². The Balaban J connectivity index is 1.34. The molecule has 0 spiro atoms. The highest BCUT2D eigenvalue weighted by molar-refractivity contribution is 5.95. The molecule has 5 heterocycles. The maximum Gasteiger partial charge on any atom is 0.416 e. The molecule has 14 nitrogen and oxygen atoms in total. The molecule has 3 aromatic heterocycles. The van der Waals surface area contributed by atoms with Crippen molar-refractivity contribution in [2.45, 2.75) is 46.3 Å². The van der Waals surface area contributed by atoms with E-state index in [2.05, 4.69) is 20.4 Å². The quantitative estimate of drug-likeness (QED) is 0.291. The van der Waals surface area contributed by atoms with E-state index in [1.807, 2.05) is 17.9 Å². The van der Waals surface area contributed by atoms with Crippen molar-refractivity contribution >= 4 is 34.5 Å². The third-order valence-corrected chi connectivity index (χ3v) is 8.72. The Morgan fingerprint density at radius 2 is 1.86 bits per heavy atom. The lowest BCUT2D eigenvalue weighted by molar-refractivity contribution is -0.137. The van der Waals surface area contributed by atoms with Crippen LogP contribution in [-0.4, -0.2) is 92.3 Å². The molecule has 1 fully saturated rings. The summed E-state index contributed by atoms with van der Waals surface area (Å²) in [4.78, 5) is 57.8. The van der Waals surface area contributed by atoms with Gasteiger partial charge in [-0.2, -0.15) is 22.7 Å². The van der Waals surface area contributed by atoms with E-state index < -0.39 is 23.2 Å². The number of methoxy groups -OCH3 is 1. The molecule has 1 N–H and O–H groups in total. The molecule has 2 amide bonds. The first-order valence-electron chi connectivity index (χ1n) is 16.1. The van der Waals surface area contributed by atoms with Gasteiger partial charge in [0.1, 0.15) is 18.1 Å². The molecule has 2 aliphatic rings. The number of nitrogens with one attached hydrogen (secondary N) is 1. The number of piperazine rings is 1. The maximum absolute atomic E-state index is 14.2. The van der Waals surface area contributed by atoms with E-state index >= 15 is 0 Å². The number of amides is 2. The third kappa shape index (κ3) is 6.77. The van der Waals surface area contributed by atoms with Gasteiger partial charge in [-0.3, -0.25) is 14.4 Å². The highest BCUT2D eigenvalue weighted by Crippen LogP contribution is 2.32. The summed E-state index contributed by atoms with van der Waals surface area (Å²) in [5, 5.41) is 7.28. The molecule has 0 radical (unpaired) electrons. The van der Waals surface area contributed by atoms with Gasteiger partial charge in [0.15, 0.2) is 17.3 Å². The number of benzene rings is 1. The molecule has 4 aromatic rings. The zero-order chi connectivity index (χ0) is 35.7. The minimum Gasteiger partial charge on any atom is -0.493 e. The summed E-state index contributed by atoms with van der Waals surface area (Å²) in [5.74, 6) is 0.320. The number of hydrogen-bond donors (Lipinski definition) is 1. The van der Waals surface area contributed by atoms with E-state index in [9.17, 15) is 27.6 Å². The van der Waals surface area contributed by atoms with Crippen LogP contribution in [0.1, 0.15) is 52.3 Å². The summed E-state index contributed by atoms with van der Waals surface area (Å²) in [6.07, 6.45) is -0.344. The average molecular weight is 696 g/mol. The molecule has 0 unspecified atom stereocenters. The van der Waals surface area contributed by atoms with Crippen LogP contribution in [0.2, 0.25) is 0 Å². The van der Waals surface area contributed by atoms with E-state index in [0.29, 0.717) is 62.2 Å². The predicted molar refractivity (Wildman–Crippen MR) is 176 cm³/mol. The summed E-state index contributed by atoms with van der Waals surface area (Å²) >= 11 is 0. The molecule has 2 aliphatic heterocycles. The fourth-order valence-corrected chi connectivity index (χ4v) is 6.15. The van der Waals surface area contributed by atoms with Gasteiger partial charge >= 0.3 is 6.18 Å². The number of hydrogen-bond acceptors (Lipinski definition) is 10. The number of aromatic nitrogens is 6. The van der Waals surface area contributed by atoms with Crippen LogP contribution in [0, 0.1) is 13.8 Å². The molecule has 264 valence electrons. The number of fused-ring (bicyclic) bond motifs is 1. The SMILES string of the molecule is CCc1c(N2CCN(C(=O)c3nc(C)ncc3OC)CC2)c(=O)n2nc(C3=CCOCC3)nc2n1CC(=O)Nc1ccc(C(F)(F)F)cc1C. The number of aryl methyl sites for hydroxylation is 2. The fourth-order valence-electron chi connectivity index (χ4n) is 6.15. The molecule has 17 heteroatoms. The van der Waals surface area contributed by atoms with Crippen molar-refractivity contribution in [3.63, 3.8) is 0 Å². The Morgan fingerprint density at radius 1 is 1.10 bits per heavy atom. The Bertz CT molecular complexity index is 2050. The summed E-state index contributed by atoms with van der Waals surface area (Å²) in [6, 6.07) is 3.10. The predicted octanol–water partition coefficient (Wildman–Crippen LogP) is 3.29. The topological polar surface area (TPSA) is 149 Å². The Kier molecular flexibility index (Phi) is 9.60. The van der Waals surface area contributed by atoms with Gasteiger partial charge in [0.25, 0.3) is 11.5 Å². The number of ether oxygens (including phenoxy) is 2. The Hall–Kier alpha value is -5.32. The normalized spacial score (nSPS) is 15.3. The molecule has 0 saturated carbocycles. The molecule has 0 atom stereocenters. The first-order chi connectivity index (χ1) is 23.9. The van der Waals surface area contributed by atoms with Crippen molar-refractivity contribution in [2.75, 3.05) is 56.7 Å². The number of rotatable bonds is 8. The highest BCUT2D eigenvalue weighted by atomic mass is 19.4. The first-order valence-corrected chi connectivity index (χ1v) is 16.1. The number of nitrogens with zero attached hydrogens (tertiary/aromatic N) is 8. The van der Waals surface area contributed by atoms with E-state index in [1.54, 1.807) is 16.4 Å². The van der Waals surface area contributed by atoms with Crippen LogP contribution in [0.4, 0.5) is 24.5 Å². The van der Waals surface area contributed by atoms with Crippen LogP contribution >= 0.6 is 0 Å². The minimum absolute atomic E-state index is 0.150. The minimum atomic E-state index is -4.52. The van der Waals surface area contributed by atoms with E-state index in [0.717, 1.165) is 17.7 Å². The third-order valence-electron chi connectivity index (χ3n) is 8.72. The van der Waals surface area contributed by atoms with E-state index in [4.69, 9.17) is 14.5 Å². The Morgan fingerprint density at radius 3 is 2.50 bits per heavy atom. The zero-order valence-electron chi connectivity index (χ0n) is 28.0. The number of anilines is 2. The van der Waals surface area contributed by atoms with E-state index in [1.165, 1.54) is 30.8 Å². The number of halogens is 3. The molecule has 6 rings (SSSR count). The van der Waals surface area contributed by atoms with Gasteiger partial charge < -0.3 is 29.2 Å². The lowest BCUT2D eigenvalue weighted by Crippen LogP contribution is -2.51. The lowest BCUT2D eigenvalue weighted by atomic mass is 10.1. The second-order valence-corrected chi connectivity index (χ2v) is 11.9. The average Bonchev–Trinajstić information content (AvgIpc) is 3.56. The van der Waals surface area contributed by atoms with Crippen molar-refractivity contribution in [3.05, 3.63) is 75.0 Å². The van der Waals surface area contributed by atoms with Crippen LogP contribution in [0.15, 0.2) is 35.3 Å². The van der Waals surface area contributed by atoms with Gasteiger partial charge in [0.2, 0.25) is 11.7 Å². The summed E-state index contributed by atoms with van der Waals surface area (Å²) in [6.45, 7) is 6.70. The second-order valence-electron chi connectivity index (χ2n) is 11.9. The first kappa shape index (κ1) is 34.5. The van der Waals surface area contributed by atoms with Gasteiger partial charge in [-0.25, -0.2) is 9.97 Å². The summed E-state index contributed by atoms with van der Waals surface area (Å²) in [7, 11) is 1.44. The zero-order valence-corrected chi connectivity index (χ0v) is 28.0. The van der Waals surface area contributed by atoms with Gasteiger partial charge in [0.05, 0.1) is 37.8 Å². The highest BCUT2D eigenvalue weighted by Gasteiger charge is 2.32. The second kappa shape index (κ2) is 13.9. The maximum atomic E-state index is 14.2. The van der Waals surface area contributed by atoms with Crippen LogP contribution in [0.5, 0.6) is 5.75 Å². The number of alkyl halides is 3. The van der Waals surface area contributed by atoms with Gasteiger partial charge in [0, 0.05) is 31.9 Å². The summed E-state index contributed by atoms with van der Waals surface area (Å²) in [5.41, 5.74) is 1.02. The van der Waals surface area contributed by atoms with E-state index in [-0.39, 0.29) is 54.0 Å². The summed E-state index contributed by atoms with van der Waals surface area (Å²) < 4.78 is 53.3. The van der Waals surface area contributed by atoms with Crippen LogP contribution in [0.25, 0.3) is 11.4 Å². The van der Waals surface area contributed by atoms with Crippen LogP contribution < -0.4 is 20.5 Å². The molecule has 50 heavy (non-hydrogen) atoms. The molecule has 1 aromatic carbocycles. The van der Waals surface area contributed by atoms with Gasteiger partial charge in [-0.15, -0.1) is 5.10 Å². The Labute approximate surface area is 284 Å². The molecular formula is C33H36F3N9O5. The monoisotopic (exact) mass is 695 g/mol. The van der Waals surface area contributed by atoms with Crippen LogP contribution in [-0.2, 0) is 28.7 Å². The standard InChI is InChI=1S/C33H36F3N9O5/c1-5-24-28(42-10-12-43(13-11-42)30(47)27-25(49-4)17-37-20(3)38-27)31(48)45-32(40-29(41-45)21-8-14-50-15-9-21)44(24)18-26(46)39-23-7-6-22(16-19(23)2)33(34,35)36/h6-8,16-17H,5,9-15,18H2,1-4H3,(H,39,46). The van der Waals surface area contributed by atoms with Crippen molar-refractivity contribution in [2.24, 2.45) is 0 Å². The molecule has 0 aliphatic carbocycles. The fraction of sp³-hybridized carbons (Fsp3) is 0.424. The van der Waals surface area contributed by atoms with Crippen molar-refractivity contribution < 1.29 is 32.2 Å².